The van der Waals surface area contributed by atoms with Gasteiger partial charge in [-0.1, -0.05) is 36.1 Å². The van der Waals surface area contributed by atoms with E-state index in [1.165, 1.54) is 16.2 Å². The number of thioether (sulfide) groups is 1. The van der Waals surface area contributed by atoms with E-state index in [9.17, 15) is 9.59 Å². The van der Waals surface area contributed by atoms with Gasteiger partial charge in [0.15, 0.2) is 0 Å². The number of aromatic nitrogens is 2. The Labute approximate surface area is 206 Å². The Kier molecular flexibility index (Phi) is 6.24. The highest BCUT2D eigenvalue weighted by Gasteiger charge is 2.35. The van der Waals surface area contributed by atoms with Gasteiger partial charge in [0.05, 0.1) is 17.6 Å². The van der Waals surface area contributed by atoms with E-state index in [0.717, 1.165) is 24.0 Å². The molecule has 174 valence electrons. The van der Waals surface area contributed by atoms with Crippen molar-refractivity contribution in [3.8, 4) is 11.6 Å². The lowest BCUT2D eigenvalue weighted by Gasteiger charge is -2.18. The first kappa shape index (κ1) is 22.8. The van der Waals surface area contributed by atoms with E-state index in [0.29, 0.717) is 33.8 Å². The van der Waals surface area contributed by atoms with Crippen molar-refractivity contribution in [2.45, 2.75) is 32.8 Å². The maximum atomic E-state index is 13.4. The molecular formula is C25H23N3O4S2. The molecule has 1 aromatic carbocycles. The molecule has 7 nitrogen and oxygen atoms in total. The average Bonchev–Trinajstić information content (AvgIpc) is 3.40. The van der Waals surface area contributed by atoms with E-state index in [-0.39, 0.29) is 29.0 Å². The van der Waals surface area contributed by atoms with Gasteiger partial charge in [-0.3, -0.25) is 18.9 Å². The predicted octanol–water partition coefficient (Wildman–Crippen LogP) is 4.48. The first-order valence-electron chi connectivity index (χ1n) is 11.0. The quantitative estimate of drug-likeness (QED) is 0.383. The lowest BCUT2D eigenvalue weighted by Crippen LogP contribution is -2.35. The third kappa shape index (κ3) is 4.51. The molecule has 2 aliphatic heterocycles. The molecule has 0 aliphatic carbocycles. The van der Waals surface area contributed by atoms with Crippen molar-refractivity contribution >= 4 is 45.9 Å². The van der Waals surface area contributed by atoms with Crippen molar-refractivity contribution in [3.05, 3.63) is 74.5 Å². The monoisotopic (exact) mass is 493 g/mol. The van der Waals surface area contributed by atoms with Gasteiger partial charge in [-0.05, 0) is 68.2 Å². The van der Waals surface area contributed by atoms with Crippen molar-refractivity contribution in [1.82, 2.24) is 14.3 Å². The first-order valence-corrected chi connectivity index (χ1v) is 12.3. The number of benzene rings is 1. The smallest absolute Gasteiger partial charge is 0.269 e. The Morgan fingerprint density at radius 1 is 1.24 bits per heavy atom. The van der Waals surface area contributed by atoms with Gasteiger partial charge >= 0.3 is 0 Å². The molecule has 2 aliphatic rings. The number of rotatable bonds is 5. The standard InChI is InChI=1S/C25H23N3O4S2/c1-15-10-16(2)12-18(11-15)32-22-19(23(29)27-8-4-3-7-21(27)26-22)13-20-24(30)28(25(33)34-20)14-17-6-5-9-31-17/h3-4,7-8,10-13,17H,5-6,9,14H2,1-2H3/b20-13+. The molecule has 0 saturated carbocycles. The fourth-order valence-corrected chi connectivity index (χ4v) is 5.42. The minimum atomic E-state index is -0.325. The van der Waals surface area contributed by atoms with E-state index < -0.39 is 0 Å². The third-order valence-corrected chi connectivity index (χ3v) is 7.08. The zero-order chi connectivity index (χ0) is 23.8. The molecule has 0 radical (unpaired) electrons. The Hall–Kier alpha value is -3.01. The van der Waals surface area contributed by atoms with Gasteiger partial charge in [0.25, 0.3) is 11.5 Å². The topological polar surface area (TPSA) is 73.1 Å². The number of hydrogen-bond acceptors (Lipinski definition) is 7. The van der Waals surface area contributed by atoms with Crippen LogP contribution in [0.2, 0.25) is 0 Å². The molecule has 0 N–H and O–H groups in total. The van der Waals surface area contributed by atoms with Crippen LogP contribution in [0.25, 0.3) is 11.7 Å². The summed E-state index contributed by atoms with van der Waals surface area (Å²) in [6.07, 6.45) is 5.05. The number of aryl methyl sites for hydroxylation is 2. The lowest BCUT2D eigenvalue weighted by molar-refractivity contribution is -0.123. The number of thiocarbonyl (C=S) groups is 1. The zero-order valence-electron chi connectivity index (χ0n) is 18.8. The molecule has 5 rings (SSSR count). The van der Waals surface area contributed by atoms with Crippen LogP contribution < -0.4 is 10.3 Å². The van der Waals surface area contributed by atoms with Crippen LogP contribution in [-0.2, 0) is 9.53 Å². The number of nitrogens with zero attached hydrogens (tertiary/aromatic N) is 3. The Bertz CT molecular complexity index is 1370. The summed E-state index contributed by atoms with van der Waals surface area (Å²) in [5.41, 5.74) is 2.39. The average molecular weight is 494 g/mol. The first-order chi connectivity index (χ1) is 16.4. The normalized spacial score (nSPS) is 19.5. The number of pyridine rings is 1. The highest BCUT2D eigenvalue weighted by atomic mass is 32.2. The zero-order valence-corrected chi connectivity index (χ0v) is 20.4. The van der Waals surface area contributed by atoms with Crippen molar-refractivity contribution in [2.75, 3.05) is 13.2 Å². The molecule has 2 saturated heterocycles. The van der Waals surface area contributed by atoms with Crippen LogP contribution in [0, 0.1) is 13.8 Å². The van der Waals surface area contributed by atoms with Crippen LogP contribution in [-0.4, -0.2) is 43.8 Å². The van der Waals surface area contributed by atoms with Gasteiger partial charge < -0.3 is 9.47 Å². The number of carbonyl (C=O) groups is 1. The minimum absolute atomic E-state index is 0.0155. The molecular weight excluding hydrogens is 470 g/mol. The van der Waals surface area contributed by atoms with Crippen LogP contribution in [0.15, 0.2) is 52.3 Å². The Morgan fingerprint density at radius 2 is 2.03 bits per heavy atom. The molecule has 1 unspecified atom stereocenters. The van der Waals surface area contributed by atoms with Gasteiger partial charge in [0.2, 0.25) is 5.88 Å². The molecule has 0 spiro atoms. The summed E-state index contributed by atoms with van der Waals surface area (Å²) in [4.78, 5) is 33.1. The van der Waals surface area contributed by atoms with E-state index >= 15 is 0 Å². The number of hydrogen-bond donors (Lipinski definition) is 0. The van der Waals surface area contributed by atoms with Crippen LogP contribution in [0.1, 0.15) is 29.5 Å². The highest BCUT2D eigenvalue weighted by Crippen LogP contribution is 2.35. The fourth-order valence-electron chi connectivity index (χ4n) is 4.17. The largest absolute Gasteiger partial charge is 0.438 e. The summed E-state index contributed by atoms with van der Waals surface area (Å²) >= 11 is 6.64. The molecule has 34 heavy (non-hydrogen) atoms. The summed E-state index contributed by atoms with van der Waals surface area (Å²) in [5.74, 6) is 0.483. The summed E-state index contributed by atoms with van der Waals surface area (Å²) in [6, 6.07) is 11.1. The van der Waals surface area contributed by atoms with E-state index in [1.54, 1.807) is 35.4 Å². The number of carbonyl (C=O) groups excluding carboxylic acids is 1. The number of amides is 1. The Morgan fingerprint density at radius 3 is 2.76 bits per heavy atom. The van der Waals surface area contributed by atoms with Crippen molar-refractivity contribution in [3.63, 3.8) is 0 Å². The van der Waals surface area contributed by atoms with Gasteiger partial charge in [0.1, 0.15) is 21.3 Å². The maximum Gasteiger partial charge on any atom is 0.269 e. The van der Waals surface area contributed by atoms with Crippen LogP contribution >= 0.6 is 24.0 Å². The molecule has 2 aromatic heterocycles. The molecule has 0 bridgehead atoms. The summed E-state index contributed by atoms with van der Waals surface area (Å²) in [5, 5.41) is 0. The van der Waals surface area contributed by atoms with Gasteiger partial charge in [-0.2, -0.15) is 4.98 Å². The maximum absolute atomic E-state index is 13.4. The van der Waals surface area contributed by atoms with Crippen molar-refractivity contribution in [2.24, 2.45) is 0 Å². The molecule has 1 atom stereocenters. The fraction of sp³-hybridized carbons (Fsp3) is 0.280. The SMILES string of the molecule is Cc1cc(C)cc(Oc2nc3ccccn3c(=O)c2/C=C2/SC(=S)N(CC3CCCO3)C2=O)c1. The van der Waals surface area contributed by atoms with E-state index in [4.69, 9.17) is 21.7 Å². The summed E-state index contributed by atoms with van der Waals surface area (Å²) < 4.78 is 13.7. The summed E-state index contributed by atoms with van der Waals surface area (Å²) in [6.45, 7) is 5.07. The van der Waals surface area contributed by atoms with Crippen LogP contribution in [0.4, 0.5) is 0 Å². The number of ether oxygens (including phenoxy) is 2. The third-order valence-electron chi connectivity index (χ3n) is 5.70. The second-order valence-electron chi connectivity index (χ2n) is 8.42. The highest BCUT2D eigenvalue weighted by molar-refractivity contribution is 8.26. The second kappa shape index (κ2) is 9.32. The second-order valence-corrected chi connectivity index (χ2v) is 10.1. The minimum Gasteiger partial charge on any atom is -0.438 e. The Balaban J connectivity index is 1.56. The van der Waals surface area contributed by atoms with Crippen LogP contribution in [0.3, 0.4) is 0 Å². The van der Waals surface area contributed by atoms with Crippen LogP contribution in [0.5, 0.6) is 11.6 Å². The van der Waals surface area contributed by atoms with E-state index in [1.807, 2.05) is 32.0 Å². The van der Waals surface area contributed by atoms with Gasteiger partial charge in [-0.25, -0.2) is 0 Å². The van der Waals surface area contributed by atoms with Gasteiger partial charge in [-0.15, -0.1) is 0 Å². The molecule has 4 heterocycles. The van der Waals surface area contributed by atoms with Crippen molar-refractivity contribution in [1.29, 1.82) is 0 Å². The predicted molar refractivity (Wildman–Crippen MR) is 136 cm³/mol. The van der Waals surface area contributed by atoms with E-state index in [2.05, 4.69) is 4.98 Å². The molecule has 2 fully saturated rings. The summed E-state index contributed by atoms with van der Waals surface area (Å²) in [7, 11) is 0. The van der Waals surface area contributed by atoms with Gasteiger partial charge in [0, 0.05) is 12.8 Å². The lowest BCUT2D eigenvalue weighted by atomic mass is 10.1. The molecule has 1 amide bonds. The molecule has 9 heteroatoms. The van der Waals surface area contributed by atoms with Crippen molar-refractivity contribution < 1.29 is 14.3 Å². The number of fused-ring (bicyclic) bond motifs is 1. The molecule has 3 aromatic rings.